The molecule has 20 heavy (non-hydrogen) atoms. The summed E-state index contributed by atoms with van der Waals surface area (Å²) in [5.74, 6) is 0. The largest absolute Gasteiger partial charge is 0.316 e. The van der Waals surface area contributed by atoms with Crippen LogP contribution in [0.5, 0.6) is 0 Å². The molecule has 2 aromatic rings. The maximum absolute atomic E-state index is 6.19. The van der Waals surface area contributed by atoms with Gasteiger partial charge in [-0.2, -0.15) is 0 Å². The molecule has 3 heteroatoms. The number of hydrogen-bond donors (Lipinski definition) is 1. The van der Waals surface area contributed by atoms with Gasteiger partial charge >= 0.3 is 0 Å². The molecular formula is C17H21ClN2. The third-order valence-corrected chi connectivity index (χ3v) is 3.62. The zero-order valence-corrected chi connectivity index (χ0v) is 12.8. The topological polar surface area (TPSA) is 15.3 Å². The lowest BCUT2D eigenvalue weighted by molar-refractivity contribution is 0.319. The summed E-state index contributed by atoms with van der Waals surface area (Å²) in [6.45, 7) is 2.69. The lowest BCUT2D eigenvalue weighted by Gasteiger charge is -2.17. The molecule has 2 nitrogen and oxygen atoms in total. The summed E-state index contributed by atoms with van der Waals surface area (Å²) in [7, 11) is 4.08. The molecule has 2 aromatic carbocycles. The van der Waals surface area contributed by atoms with Gasteiger partial charge in [0.15, 0.2) is 0 Å². The molecule has 106 valence electrons. The molecule has 0 aliphatic heterocycles. The van der Waals surface area contributed by atoms with E-state index in [2.05, 4.69) is 47.6 Å². The highest BCUT2D eigenvalue weighted by Crippen LogP contribution is 2.17. The van der Waals surface area contributed by atoms with E-state index in [9.17, 15) is 0 Å². The standard InChI is InChI=1S/C17H21ClN2/c1-19-11-14-7-9-15(10-8-14)12-20(2)13-16-5-3-4-6-17(16)18/h3-10,19H,11-13H2,1-2H3. The summed E-state index contributed by atoms with van der Waals surface area (Å²) in [6, 6.07) is 16.7. The van der Waals surface area contributed by atoms with Crippen LogP contribution in [0.2, 0.25) is 5.02 Å². The predicted octanol–water partition coefficient (Wildman–Crippen LogP) is 3.69. The normalized spacial score (nSPS) is 11.0. The molecule has 0 radical (unpaired) electrons. The van der Waals surface area contributed by atoms with E-state index >= 15 is 0 Å². The van der Waals surface area contributed by atoms with E-state index in [1.165, 1.54) is 16.7 Å². The zero-order chi connectivity index (χ0) is 14.4. The van der Waals surface area contributed by atoms with E-state index in [0.29, 0.717) is 0 Å². The Kier molecular flexibility index (Phi) is 5.60. The highest BCUT2D eigenvalue weighted by molar-refractivity contribution is 6.31. The molecule has 0 heterocycles. The molecule has 0 aliphatic carbocycles. The summed E-state index contributed by atoms with van der Waals surface area (Å²) in [6.07, 6.45) is 0. The average molecular weight is 289 g/mol. The van der Waals surface area contributed by atoms with Crippen LogP contribution < -0.4 is 5.32 Å². The van der Waals surface area contributed by atoms with Gasteiger partial charge in [-0.3, -0.25) is 4.90 Å². The van der Waals surface area contributed by atoms with Crippen LogP contribution in [0, 0.1) is 0 Å². The first-order valence-electron chi connectivity index (χ1n) is 6.83. The van der Waals surface area contributed by atoms with Gasteiger partial charge in [-0.05, 0) is 36.9 Å². The quantitative estimate of drug-likeness (QED) is 0.872. The first-order valence-corrected chi connectivity index (χ1v) is 7.21. The third-order valence-electron chi connectivity index (χ3n) is 3.25. The predicted molar refractivity (Wildman–Crippen MR) is 85.8 cm³/mol. The van der Waals surface area contributed by atoms with Gasteiger partial charge in [0, 0.05) is 24.7 Å². The smallest absolute Gasteiger partial charge is 0.0451 e. The maximum atomic E-state index is 6.19. The van der Waals surface area contributed by atoms with Crippen LogP contribution in [0.25, 0.3) is 0 Å². The van der Waals surface area contributed by atoms with Crippen molar-refractivity contribution in [2.45, 2.75) is 19.6 Å². The van der Waals surface area contributed by atoms with Crippen molar-refractivity contribution in [3.63, 3.8) is 0 Å². The molecule has 1 N–H and O–H groups in total. The maximum Gasteiger partial charge on any atom is 0.0451 e. The van der Waals surface area contributed by atoms with E-state index < -0.39 is 0 Å². The number of hydrogen-bond acceptors (Lipinski definition) is 2. The first kappa shape index (κ1) is 15.0. The van der Waals surface area contributed by atoms with E-state index in [1.807, 2.05) is 25.2 Å². The molecule has 0 amide bonds. The Balaban J connectivity index is 1.94. The van der Waals surface area contributed by atoms with Gasteiger partial charge in [-0.1, -0.05) is 54.1 Å². The van der Waals surface area contributed by atoms with Crippen molar-refractivity contribution in [3.8, 4) is 0 Å². The molecule has 0 saturated carbocycles. The van der Waals surface area contributed by atoms with Crippen LogP contribution in [0.4, 0.5) is 0 Å². The average Bonchev–Trinajstić information content (AvgIpc) is 2.44. The Hall–Kier alpha value is -1.35. The third kappa shape index (κ3) is 4.34. The fourth-order valence-corrected chi connectivity index (χ4v) is 2.45. The van der Waals surface area contributed by atoms with Gasteiger partial charge in [0.25, 0.3) is 0 Å². The minimum atomic E-state index is 0.837. The number of nitrogens with zero attached hydrogens (tertiary/aromatic N) is 1. The highest BCUT2D eigenvalue weighted by atomic mass is 35.5. The number of benzene rings is 2. The van der Waals surface area contributed by atoms with Gasteiger partial charge in [-0.15, -0.1) is 0 Å². The summed E-state index contributed by atoms with van der Waals surface area (Å²) < 4.78 is 0. The molecule has 0 spiro atoms. The van der Waals surface area contributed by atoms with Crippen molar-refractivity contribution in [3.05, 3.63) is 70.2 Å². The van der Waals surface area contributed by atoms with Gasteiger partial charge in [0.1, 0.15) is 0 Å². The van der Waals surface area contributed by atoms with Crippen LogP contribution in [0.3, 0.4) is 0 Å². The number of rotatable bonds is 6. The molecule has 2 rings (SSSR count). The second-order valence-corrected chi connectivity index (χ2v) is 5.52. The fraction of sp³-hybridized carbons (Fsp3) is 0.294. The number of halogens is 1. The molecular weight excluding hydrogens is 268 g/mol. The second kappa shape index (κ2) is 7.44. The van der Waals surface area contributed by atoms with Crippen LogP contribution in [0.15, 0.2) is 48.5 Å². The molecule has 0 aliphatic rings. The Morgan fingerprint density at radius 2 is 1.60 bits per heavy atom. The zero-order valence-electron chi connectivity index (χ0n) is 12.1. The molecule has 0 bridgehead atoms. The molecule has 0 unspecified atom stereocenters. The Bertz CT molecular complexity index is 537. The van der Waals surface area contributed by atoms with Crippen molar-refractivity contribution in [2.75, 3.05) is 14.1 Å². The summed E-state index contributed by atoms with van der Waals surface area (Å²) in [5.41, 5.74) is 3.80. The second-order valence-electron chi connectivity index (χ2n) is 5.11. The molecule has 0 atom stereocenters. The fourth-order valence-electron chi connectivity index (χ4n) is 2.25. The van der Waals surface area contributed by atoms with Crippen LogP contribution >= 0.6 is 11.6 Å². The summed E-state index contributed by atoms with van der Waals surface area (Å²) in [5, 5.41) is 3.99. The van der Waals surface area contributed by atoms with Crippen LogP contribution in [-0.2, 0) is 19.6 Å². The SMILES string of the molecule is CNCc1ccc(CN(C)Cc2ccccc2Cl)cc1. The van der Waals surface area contributed by atoms with E-state index in [1.54, 1.807) is 0 Å². The Morgan fingerprint density at radius 3 is 2.25 bits per heavy atom. The van der Waals surface area contributed by atoms with Crippen molar-refractivity contribution >= 4 is 11.6 Å². The minimum Gasteiger partial charge on any atom is -0.316 e. The monoisotopic (exact) mass is 288 g/mol. The van der Waals surface area contributed by atoms with Crippen molar-refractivity contribution in [1.29, 1.82) is 0 Å². The molecule has 0 fully saturated rings. The Labute approximate surface area is 126 Å². The molecule has 0 aromatic heterocycles. The first-order chi connectivity index (χ1) is 9.69. The lowest BCUT2D eigenvalue weighted by Crippen LogP contribution is -2.17. The van der Waals surface area contributed by atoms with Gasteiger partial charge in [-0.25, -0.2) is 0 Å². The van der Waals surface area contributed by atoms with E-state index in [0.717, 1.165) is 24.7 Å². The minimum absolute atomic E-state index is 0.837. The van der Waals surface area contributed by atoms with Crippen LogP contribution in [0.1, 0.15) is 16.7 Å². The van der Waals surface area contributed by atoms with E-state index in [-0.39, 0.29) is 0 Å². The van der Waals surface area contributed by atoms with E-state index in [4.69, 9.17) is 11.6 Å². The summed E-state index contributed by atoms with van der Waals surface area (Å²) >= 11 is 6.19. The summed E-state index contributed by atoms with van der Waals surface area (Å²) in [4.78, 5) is 2.27. The van der Waals surface area contributed by atoms with Gasteiger partial charge in [0.05, 0.1) is 0 Å². The Morgan fingerprint density at radius 1 is 0.950 bits per heavy atom. The van der Waals surface area contributed by atoms with Gasteiger partial charge < -0.3 is 5.32 Å². The van der Waals surface area contributed by atoms with Crippen molar-refractivity contribution in [1.82, 2.24) is 10.2 Å². The molecule has 0 saturated heterocycles. The number of nitrogens with one attached hydrogen (secondary N) is 1. The van der Waals surface area contributed by atoms with Crippen molar-refractivity contribution < 1.29 is 0 Å². The van der Waals surface area contributed by atoms with Crippen molar-refractivity contribution in [2.24, 2.45) is 0 Å². The lowest BCUT2D eigenvalue weighted by atomic mass is 10.1. The van der Waals surface area contributed by atoms with Crippen LogP contribution in [-0.4, -0.2) is 19.0 Å². The van der Waals surface area contributed by atoms with Gasteiger partial charge in [0.2, 0.25) is 0 Å². The highest BCUT2D eigenvalue weighted by Gasteiger charge is 2.04.